The minimum Gasteiger partial charge on any atom is -0.506 e. The van der Waals surface area contributed by atoms with Crippen molar-refractivity contribution in [1.82, 2.24) is 9.62 Å². The number of aromatic hydroxyl groups is 1. The number of carbonyl (C=O) groups is 1. The monoisotopic (exact) mass is 399 g/mol. The molecule has 2 aliphatic heterocycles. The van der Waals surface area contributed by atoms with Crippen molar-refractivity contribution in [2.24, 2.45) is 5.92 Å². The molecule has 0 radical (unpaired) electrons. The fourth-order valence-corrected chi connectivity index (χ4v) is 4.83. The van der Waals surface area contributed by atoms with E-state index in [-0.39, 0.29) is 5.92 Å². The summed E-state index contributed by atoms with van der Waals surface area (Å²) in [5.41, 5.74) is 0.180. The highest BCUT2D eigenvalue weighted by Gasteiger charge is 2.37. The molecule has 0 aliphatic carbocycles. The van der Waals surface area contributed by atoms with Crippen molar-refractivity contribution >= 4 is 21.8 Å². The Labute approximate surface area is 159 Å². The maximum Gasteiger partial charge on any atom is 0.326 e. The van der Waals surface area contributed by atoms with Gasteiger partial charge in [-0.1, -0.05) is 13.8 Å². The first-order valence-corrected chi connectivity index (χ1v) is 10.7. The van der Waals surface area contributed by atoms with Crippen molar-refractivity contribution in [1.29, 1.82) is 0 Å². The van der Waals surface area contributed by atoms with E-state index in [1.165, 1.54) is 12.1 Å². The number of carbonyl (C=O) groups excluding carboxylic acids is 1. The van der Waals surface area contributed by atoms with E-state index in [0.717, 1.165) is 38.9 Å². The fourth-order valence-electron chi connectivity index (χ4n) is 3.66. The summed E-state index contributed by atoms with van der Waals surface area (Å²) in [6, 6.07) is 2.70. The Morgan fingerprint density at radius 3 is 2.48 bits per heavy atom. The van der Waals surface area contributed by atoms with Crippen molar-refractivity contribution in [2.45, 2.75) is 39.0 Å². The van der Waals surface area contributed by atoms with E-state index in [2.05, 4.69) is 18.7 Å². The van der Waals surface area contributed by atoms with Gasteiger partial charge in [0.05, 0.1) is 0 Å². The van der Waals surface area contributed by atoms with Crippen LogP contribution in [-0.4, -0.2) is 50.5 Å². The molecule has 2 saturated heterocycles. The van der Waals surface area contributed by atoms with Crippen LogP contribution in [0.2, 0.25) is 0 Å². The second kappa shape index (κ2) is 7.63. The largest absolute Gasteiger partial charge is 0.506 e. The summed E-state index contributed by atoms with van der Waals surface area (Å²) >= 11 is 0. The van der Waals surface area contributed by atoms with E-state index in [1.807, 2.05) is 0 Å². The van der Waals surface area contributed by atoms with Crippen molar-refractivity contribution in [3.63, 3.8) is 0 Å². The molecule has 2 N–H and O–H groups in total. The number of rotatable bonds is 5. The summed E-state index contributed by atoms with van der Waals surface area (Å²) in [4.78, 5) is 13.8. The van der Waals surface area contributed by atoms with E-state index in [1.54, 1.807) is 4.72 Å². The first kappa shape index (κ1) is 19.9. The Bertz CT molecular complexity index is 797. The van der Waals surface area contributed by atoms with Gasteiger partial charge in [0.25, 0.3) is 5.91 Å². The first-order chi connectivity index (χ1) is 12.7. The Hall–Kier alpha value is -1.87. The van der Waals surface area contributed by atoms with E-state index < -0.39 is 39.9 Å². The standard InChI is InChI=1S/C18H26FN3O4S/c1-12(2)3-6-21-7-4-13(5-8-21)14-9-15(19)18(16(23)10-14)22-11-17(24)20-27(22,25)26/h9-10,12-13,23H,3-8,11H2,1-2H3,(H,20,24). The van der Waals surface area contributed by atoms with Crippen LogP contribution in [-0.2, 0) is 15.0 Å². The predicted molar refractivity (Wildman–Crippen MR) is 100 cm³/mol. The molecule has 1 amide bonds. The zero-order valence-corrected chi connectivity index (χ0v) is 16.4. The molecule has 2 aliphatic rings. The zero-order valence-electron chi connectivity index (χ0n) is 15.6. The zero-order chi connectivity index (χ0) is 19.8. The van der Waals surface area contributed by atoms with Gasteiger partial charge >= 0.3 is 10.2 Å². The lowest BCUT2D eigenvalue weighted by atomic mass is 9.88. The van der Waals surface area contributed by atoms with E-state index in [4.69, 9.17) is 0 Å². The van der Waals surface area contributed by atoms with Gasteiger partial charge in [-0.2, -0.15) is 8.42 Å². The predicted octanol–water partition coefficient (Wildman–Crippen LogP) is 1.94. The SMILES string of the molecule is CC(C)CCN1CCC(c2cc(O)c(N3CC(=O)NS3(=O)=O)c(F)c2)CC1. The molecule has 0 saturated carbocycles. The van der Waals surface area contributed by atoms with Gasteiger partial charge in [-0.05, 0) is 68.4 Å². The summed E-state index contributed by atoms with van der Waals surface area (Å²) in [6.07, 6.45) is 2.86. The summed E-state index contributed by atoms with van der Waals surface area (Å²) < 4.78 is 40.8. The average Bonchev–Trinajstić information content (AvgIpc) is 2.85. The molecular formula is C18H26FN3O4S. The fraction of sp³-hybridized carbons (Fsp3) is 0.611. The number of benzene rings is 1. The number of hydrogen-bond acceptors (Lipinski definition) is 5. The van der Waals surface area contributed by atoms with Crippen LogP contribution in [0, 0.1) is 11.7 Å². The van der Waals surface area contributed by atoms with E-state index in [0.29, 0.717) is 15.8 Å². The molecule has 3 rings (SSSR count). The van der Waals surface area contributed by atoms with Gasteiger partial charge in [-0.3, -0.25) is 4.79 Å². The highest BCUT2D eigenvalue weighted by Crippen LogP contribution is 2.38. The second-order valence-electron chi connectivity index (χ2n) is 7.71. The number of phenolic OH excluding ortho intramolecular Hbond substituents is 1. The summed E-state index contributed by atoms with van der Waals surface area (Å²) in [7, 11) is -4.17. The van der Waals surface area contributed by atoms with E-state index in [9.17, 15) is 22.7 Å². The molecule has 7 nitrogen and oxygen atoms in total. The third kappa shape index (κ3) is 4.35. The Kier molecular flexibility index (Phi) is 5.62. The number of nitrogens with zero attached hydrogens (tertiary/aromatic N) is 2. The lowest BCUT2D eigenvalue weighted by Crippen LogP contribution is -2.34. The van der Waals surface area contributed by atoms with Crippen LogP contribution in [0.5, 0.6) is 5.75 Å². The van der Waals surface area contributed by atoms with Crippen LogP contribution >= 0.6 is 0 Å². The third-order valence-corrected chi connectivity index (χ3v) is 6.59. The minimum atomic E-state index is -4.17. The van der Waals surface area contributed by atoms with Gasteiger partial charge < -0.3 is 10.0 Å². The number of anilines is 1. The summed E-state index contributed by atoms with van der Waals surface area (Å²) in [6.45, 7) is 6.74. The molecule has 27 heavy (non-hydrogen) atoms. The summed E-state index contributed by atoms with van der Waals surface area (Å²) in [5, 5.41) is 10.3. The van der Waals surface area contributed by atoms with E-state index >= 15 is 0 Å². The maximum absolute atomic E-state index is 14.7. The molecule has 150 valence electrons. The molecule has 9 heteroatoms. The normalized spacial score (nSPS) is 21.0. The highest BCUT2D eigenvalue weighted by molar-refractivity contribution is 7.92. The van der Waals surface area contributed by atoms with Gasteiger partial charge in [0.1, 0.15) is 18.0 Å². The number of likely N-dealkylation sites (tertiary alicyclic amines) is 1. The number of piperidine rings is 1. The van der Waals surface area contributed by atoms with Gasteiger partial charge in [0.2, 0.25) is 0 Å². The average molecular weight is 399 g/mol. The van der Waals surface area contributed by atoms with Crippen molar-refractivity contribution in [3.8, 4) is 5.75 Å². The Balaban J connectivity index is 1.74. The molecule has 0 unspecified atom stereocenters. The lowest BCUT2D eigenvalue weighted by molar-refractivity contribution is -0.117. The van der Waals surface area contributed by atoms with Crippen LogP contribution < -0.4 is 9.03 Å². The van der Waals surface area contributed by atoms with Crippen molar-refractivity contribution < 1.29 is 22.7 Å². The van der Waals surface area contributed by atoms with Crippen LogP contribution in [0.4, 0.5) is 10.1 Å². The molecule has 0 atom stereocenters. The third-order valence-electron chi connectivity index (χ3n) is 5.22. The molecule has 0 bridgehead atoms. The van der Waals surface area contributed by atoms with Crippen molar-refractivity contribution in [2.75, 3.05) is 30.5 Å². The highest BCUT2D eigenvalue weighted by atomic mass is 32.2. The van der Waals surface area contributed by atoms with Crippen molar-refractivity contribution in [3.05, 3.63) is 23.5 Å². The number of halogens is 1. The molecule has 1 aromatic rings. The first-order valence-electron chi connectivity index (χ1n) is 9.25. The van der Waals surface area contributed by atoms with Gasteiger partial charge in [-0.15, -0.1) is 0 Å². The minimum absolute atomic E-state index is 0.115. The Morgan fingerprint density at radius 2 is 1.96 bits per heavy atom. The number of amides is 1. The molecule has 0 spiro atoms. The second-order valence-corrected chi connectivity index (χ2v) is 9.30. The number of phenols is 1. The quantitative estimate of drug-likeness (QED) is 0.790. The maximum atomic E-state index is 14.7. The Morgan fingerprint density at radius 1 is 1.30 bits per heavy atom. The molecule has 0 aromatic heterocycles. The van der Waals surface area contributed by atoms with Crippen LogP contribution in [0.3, 0.4) is 0 Å². The molecule has 2 fully saturated rings. The molecule has 1 aromatic carbocycles. The van der Waals surface area contributed by atoms with Crippen LogP contribution in [0.15, 0.2) is 12.1 Å². The number of nitrogens with one attached hydrogen (secondary N) is 1. The summed E-state index contributed by atoms with van der Waals surface area (Å²) in [5.74, 6) is -1.29. The van der Waals surface area contributed by atoms with Gasteiger partial charge in [0, 0.05) is 0 Å². The van der Waals surface area contributed by atoms with Gasteiger partial charge in [-0.25, -0.2) is 13.4 Å². The topological polar surface area (TPSA) is 89.9 Å². The smallest absolute Gasteiger partial charge is 0.326 e. The molecular weight excluding hydrogens is 373 g/mol. The van der Waals surface area contributed by atoms with Crippen LogP contribution in [0.1, 0.15) is 44.6 Å². The van der Waals surface area contributed by atoms with Gasteiger partial charge in [0.15, 0.2) is 5.82 Å². The molecule has 2 heterocycles. The number of hydrogen-bond donors (Lipinski definition) is 2. The lowest BCUT2D eigenvalue weighted by Gasteiger charge is -2.32. The van der Waals surface area contributed by atoms with Crippen LogP contribution in [0.25, 0.3) is 0 Å².